The van der Waals surface area contributed by atoms with E-state index >= 15 is 0 Å². The van der Waals surface area contributed by atoms with Crippen LogP contribution in [0.3, 0.4) is 0 Å². The van der Waals surface area contributed by atoms with Crippen LogP contribution in [0.1, 0.15) is 36.6 Å². The largest absolute Gasteiger partial charge is 0.491 e. The van der Waals surface area contributed by atoms with Crippen LogP contribution in [0.15, 0.2) is 48.5 Å². The van der Waals surface area contributed by atoms with Gasteiger partial charge in [-0.1, -0.05) is 36.4 Å². The number of hydrogen-bond acceptors (Lipinski definition) is 2. The molecule has 0 aliphatic heterocycles. The van der Waals surface area contributed by atoms with Crippen molar-refractivity contribution < 1.29 is 9.84 Å². The Kier molecular flexibility index (Phi) is 4.23. The molecule has 2 heteroatoms. The normalized spacial score (nSPS) is 12.5. The third kappa shape index (κ3) is 3.36. The molecule has 0 saturated heterocycles. The van der Waals surface area contributed by atoms with E-state index in [1.165, 1.54) is 0 Å². The van der Waals surface area contributed by atoms with E-state index in [2.05, 4.69) is 0 Å². The summed E-state index contributed by atoms with van der Waals surface area (Å²) in [6, 6.07) is 15.5. The zero-order valence-electron chi connectivity index (χ0n) is 11.6. The standard InChI is InChI=1S/C17H20O2/c1-12(2)19-16-10-9-15(11-13(16)3)17(18)14-7-5-4-6-8-14/h4-12,17-18H,1-3H3. The predicted molar refractivity (Wildman–Crippen MR) is 77.4 cm³/mol. The van der Waals surface area contributed by atoms with Crippen LogP contribution < -0.4 is 4.74 Å². The van der Waals surface area contributed by atoms with Crippen LogP contribution in [0.4, 0.5) is 0 Å². The van der Waals surface area contributed by atoms with Gasteiger partial charge in [-0.25, -0.2) is 0 Å². The first-order chi connectivity index (χ1) is 9.08. The molecule has 2 aromatic carbocycles. The first kappa shape index (κ1) is 13.6. The van der Waals surface area contributed by atoms with Crippen LogP contribution in [-0.4, -0.2) is 11.2 Å². The first-order valence-corrected chi connectivity index (χ1v) is 6.58. The minimum Gasteiger partial charge on any atom is -0.491 e. The van der Waals surface area contributed by atoms with Crippen molar-refractivity contribution in [2.45, 2.75) is 33.0 Å². The molecule has 1 N–H and O–H groups in total. The second-order valence-electron chi connectivity index (χ2n) is 5.00. The van der Waals surface area contributed by atoms with Gasteiger partial charge in [0.05, 0.1) is 6.10 Å². The Morgan fingerprint density at radius 2 is 1.63 bits per heavy atom. The predicted octanol–water partition coefficient (Wildman–Crippen LogP) is 3.86. The Bertz CT molecular complexity index is 532. The maximum atomic E-state index is 10.3. The van der Waals surface area contributed by atoms with Crippen LogP contribution in [0, 0.1) is 6.92 Å². The molecule has 1 unspecified atom stereocenters. The number of ether oxygens (including phenoxy) is 1. The number of hydrogen-bond donors (Lipinski definition) is 1. The molecule has 0 radical (unpaired) electrons. The van der Waals surface area contributed by atoms with Crippen LogP contribution in [0.25, 0.3) is 0 Å². The highest BCUT2D eigenvalue weighted by Gasteiger charge is 2.12. The quantitative estimate of drug-likeness (QED) is 0.900. The van der Waals surface area contributed by atoms with Gasteiger partial charge in [-0.3, -0.25) is 0 Å². The second kappa shape index (κ2) is 5.89. The molecule has 0 bridgehead atoms. The Balaban J connectivity index is 2.25. The second-order valence-corrected chi connectivity index (χ2v) is 5.00. The van der Waals surface area contributed by atoms with Crippen molar-refractivity contribution in [3.05, 3.63) is 65.2 Å². The topological polar surface area (TPSA) is 29.5 Å². The summed E-state index contributed by atoms with van der Waals surface area (Å²) in [5, 5.41) is 10.3. The van der Waals surface area contributed by atoms with Crippen molar-refractivity contribution in [1.29, 1.82) is 0 Å². The molecule has 0 aromatic heterocycles. The third-order valence-electron chi connectivity index (χ3n) is 2.99. The van der Waals surface area contributed by atoms with Gasteiger partial charge in [0.2, 0.25) is 0 Å². The molecular formula is C17H20O2. The minimum atomic E-state index is -0.590. The highest BCUT2D eigenvalue weighted by Crippen LogP contribution is 2.27. The number of benzene rings is 2. The van der Waals surface area contributed by atoms with Gasteiger partial charge in [-0.15, -0.1) is 0 Å². The van der Waals surface area contributed by atoms with E-state index in [9.17, 15) is 5.11 Å². The molecule has 1 atom stereocenters. The van der Waals surface area contributed by atoms with Crippen molar-refractivity contribution in [3.63, 3.8) is 0 Å². The van der Waals surface area contributed by atoms with Crippen molar-refractivity contribution in [2.24, 2.45) is 0 Å². The zero-order chi connectivity index (χ0) is 13.8. The van der Waals surface area contributed by atoms with Crippen LogP contribution in [0.5, 0.6) is 5.75 Å². The lowest BCUT2D eigenvalue weighted by atomic mass is 10.00. The van der Waals surface area contributed by atoms with E-state index < -0.39 is 6.10 Å². The average Bonchev–Trinajstić information content (AvgIpc) is 2.41. The number of aliphatic hydroxyl groups is 1. The van der Waals surface area contributed by atoms with Crippen LogP contribution in [0.2, 0.25) is 0 Å². The van der Waals surface area contributed by atoms with Gasteiger partial charge in [-0.05, 0) is 49.6 Å². The van der Waals surface area contributed by atoms with Gasteiger partial charge in [-0.2, -0.15) is 0 Å². The molecule has 2 aromatic rings. The van der Waals surface area contributed by atoms with E-state index in [1.807, 2.05) is 69.3 Å². The Morgan fingerprint density at radius 1 is 0.947 bits per heavy atom. The highest BCUT2D eigenvalue weighted by molar-refractivity contribution is 5.40. The smallest absolute Gasteiger partial charge is 0.122 e. The lowest BCUT2D eigenvalue weighted by Gasteiger charge is -2.16. The summed E-state index contributed by atoms with van der Waals surface area (Å²) >= 11 is 0. The van der Waals surface area contributed by atoms with Crippen LogP contribution in [-0.2, 0) is 0 Å². The number of rotatable bonds is 4. The summed E-state index contributed by atoms with van der Waals surface area (Å²) in [4.78, 5) is 0. The van der Waals surface area contributed by atoms with E-state index in [0.717, 1.165) is 22.4 Å². The summed E-state index contributed by atoms with van der Waals surface area (Å²) in [6.07, 6.45) is -0.434. The van der Waals surface area contributed by atoms with E-state index in [1.54, 1.807) is 0 Å². The Hall–Kier alpha value is -1.80. The highest BCUT2D eigenvalue weighted by atomic mass is 16.5. The third-order valence-corrected chi connectivity index (χ3v) is 2.99. The lowest BCUT2D eigenvalue weighted by molar-refractivity contribution is 0.219. The molecule has 100 valence electrons. The Labute approximate surface area is 114 Å². The summed E-state index contributed by atoms with van der Waals surface area (Å²) < 4.78 is 5.70. The molecule has 2 rings (SSSR count). The summed E-state index contributed by atoms with van der Waals surface area (Å²) in [6.45, 7) is 6.01. The molecule has 0 amide bonds. The van der Waals surface area contributed by atoms with Gasteiger partial charge in [0.1, 0.15) is 11.9 Å². The fourth-order valence-corrected chi connectivity index (χ4v) is 2.06. The lowest BCUT2D eigenvalue weighted by Crippen LogP contribution is -2.07. The van der Waals surface area contributed by atoms with Crippen molar-refractivity contribution >= 4 is 0 Å². The molecule has 0 spiro atoms. The number of aliphatic hydroxyl groups excluding tert-OH is 1. The van der Waals surface area contributed by atoms with E-state index in [0.29, 0.717) is 0 Å². The molecular weight excluding hydrogens is 236 g/mol. The molecule has 19 heavy (non-hydrogen) atoms. The molecule has 0 fully saturated rings. The molecule has 0 aliphatic carbocycles. The maximum Gasteiger partial charge on any atom is 0.122 e. The van der Waals surface area contributed by atoms with Crippen LogP contribution >= 0.6 is 0 Å². The molecule has 0 aliphatic rings. The average molecular weight is 256 g/mol. The summed E-state index contributed by atoms with van der Waals surface area (Å²) in [5.41, 5.74) is 2.83. The fourth-order valence-electron chi connectivity index (χ4n) is 2.06. The van der Waals surface area contributed by atoms with Gasteiger partial charge in [0.25, 0.3) is 0 Å². The zero-order valence-corrected chi connectivity index (χ0v) is 11.6. The SMILES string of the molecule is Cc1cc(C(O)c2ccccc2)ccc1OC(C)C. The molecule has 0 saturated carbocycles. The monoisotopic (exact) mass is 256 g/mol. The molecule has 2 nitrogen and oxygen atoms in total. The summed E-state index contributed by atoms with van der Waals surface area (Å²) in [7, 11) is 0. The maximum absolute atomic E-state index is 10.3. The van der Waals surface area contributed by atoms with E-state index in [-0.39, 0.29) is 6.10 Å². The van der Waals surface area contributed by atoms with Crippen molar-refractivity contribution in [1.82, 2.24) is 0 Å². The van der Waals surface area contributed by atoms with E-state index in [4.69, 9.17) is 4.74 Å². The molecule has 0 heterocycles. The van der Waals surface area contributed by atoms with Gasteiger partial charge in [0, 0.05) is 0 Å². The fraction of sp³-hybridized carbons (Fsp3) is 0.294. The first-order valence-electron chi connectivity index (χ1n) is 6.58. The summed E-state index contributed by atoms with van der Waals surface area (Å²) in [5.74, 6) is 0.874. The van der Waals surface area contributed by atoms with Gasteiger partial charge >= 0.3 is 0 Å². The number of aryl methyl sites for hydroxylation is 1. The van der Waals surface area contributed by atoms with Crippen molar-refractivity contribution in [3.8, 4) is 5.75 Å². The van der Waals surface area contributed by atoms with Gasteiger partial charge < -0.3 is 9.84 Å². The Morgan fingerprint density at radius 3 is 2.21 bits per heavy atom. The van der Waals surface area contributed by atoms with Gasteiger partial charge in [0.15, 0.2) is 0 Å². The van der Waals surface area contributed by atoms with Crippen molar-refractivity contribution in [2.75, 3.05) is 0 Å². The minimum absolute atomic E-state index is 0.156.